The number of aromatic nitrogens is 2. The lowest BCUT2D eigenvalue weighted by Crippen LogP contribution is -2.27. The molecule has 4 aliphatic rings. The standard InChI is InChI=1S/C21H24N2O2/c1-2-25-21(24)19-18-15-9-13-8-14(10-15)12-16(11-13)20(18)23(22-19)17-6-4-3-5-7-17/h3-7,13-16H,2,8-12H2,1H3. The van der Waals surface area contributed by atoms with Crippen LogP contribution in [0.4, 0.5) is 0 Å². The van der Waals surface area contributed by atoms with Crippen LogP contribution >= 0.6 is 0 Å². The van der Waals surface area contributed by atoms with E-state index < -0.39 is 0 Å². The van der Waals surface area contributed by atoms with Gasteiger partial charge in [0.05, 0.1) is 18.0 Å². The number of benzene rings is 1. The average molecular weight is 336 g/mol. The van der Waals surface area contributed by atoms with E-state index in [1.807, 2.05) is 25.1 Å². The van der Waals surface area contributed by atoms with Crippen LogP contribution in [0.2, 0.25) is 0 Å². The van der Waals surface area contributed by atoms with Crippen molar-refractivity contribution in [3.63, 3.8) is 0 Å². The minimum Gasteiger partial charge on any atom is -0.461 e. The number of para-hydroxylation sites is 1. The molecule has 4 aliphatic carbocycles. The number of ether oxygens (including phenoxy) is 1. The fourth-order valence-electron chi connectivity index (χ4n) is 5.66. The predicted molar refractivity (Wildman–Crippen MR) is 95.1 cm³/mol. The second-order valence-corrected chi connectivity index (χ2v) is 7.92. The number of rotatable bonds is 3. The summed E-state index contributed by atoms with van der Waals surface area (Å²) in [5, 5.41) is 4.79. The van der Waals surface area contributed by atoms with Gasteiger partial charge in [-0.2, -0.15) is 5.10 Å². The van der Waals surface area contributed by atoms with Crippen molar-refractivity contribution in [2.75, 3.05) is 6.61 Å². The van der Waals surface area contributed by atoms with Gasteiger partial charge < -0.3 is 4.74 Å². The SMILES string of the molecule is CCOC(=O)c1nn(-c2ccccc2)c2c1C1CC3CC(C1)CC2C3. The molecule has 0 spiro atoms. The summed E-state index contributed by atoms with van der Waals surface area (Å²) < 4.78 is 7.41. The van der Waals surface area contributed by atoms with Gasteiger partial charge in [-0.15, -0.1) is 0 Å². The predicted octanol–water partition coefficient (Wildman–Crippen LogP) is 4.44. The molecule has 4 bridgehead atoms. The largest absolute Gasteiger partial charge is 0.461 e. The van der Waals surface area contributed by atoms with Crippen LogP contribution in [-0.2, 0) is 4.74 Å². The van der Waals surface area contributed by atoms with Crippen LogP contribution in [0.3, 0.4) is 0 Å². The second-order valence-electron chi connectivity index (χ2n) is 7.92. The van der Waals surface area contributed by atoms with Gasteiger partial charge >= 0.3 is 5.97 Å². The van der Waals surface area contributed by atoms with E-state index in [2.05, 4.69) is 16.8 Å². The zero-order valence-corrected chi connectivity index (χ0v) is 14.6. The number of carbonyl (C=O) groups is 1. The minimum absolute atomic E-state index is 0.255. The first-order valence-electron chi connectivity index (χ1n) is 9.60. The van der Waals surface area contributed by atoms with Gasteiger partial charge in [-0.1, -0.05) is 18.2 Å². The Kier molecular flexibility index (Phi) is 3.47. The molecular formula is C21H24N2O2. The van der Waals surface area contributed by atoms with Crippen LogP contribution in [0.5, 0.6) is 0 Å². The normalized spacial score (nSPS) is 29.3. The van der Waals surface area contributed by atoms with Crippen molar-refractivity contribution in [3.8, 4) is 5.69 Å². The van der Waals surface area contributed by atoms with E-state index in [-0.39, 0.29) is 5.97 Å². The molecule has 1 aromatic heterocycles. The molecule has 4 nitrogen and oxygen atoms in total. The molecule has 0 saturated heterocycles. The highest BCUT2D eigenvalue weighted by atomic mass is 16.5. The number of esters is 1. The highest BCUT2D eigenvalue weighted by Crippen LogP contribution is 2.57. The average Bonchev–Trinajstić information content (AvgIpc) is 2.94. The van der Waals surface area contributed by atoms with Crippen LogP contribution < -0.4 is 0 Å². The third-order valence-corrected chi connectivity index (χ3v) is 6.36. The number of hydrogen-bond acceptors (Lipinski definition) is 3. The van der Waals surface area contributed by atoms with E-state index >= 15 is 0 Å². The Morgan fingerprint density at radius 3 is 2.44 bits per heavy atom. The first kappa shape index (κ1) is 15.2. The summed E-state index contributed by atoms with van der Waals surface area (Å²) in [7, 11) is 0. The van der Waals surface area contributed by atoms with Crippen molar-refractivity contribution in [3.05, 3.63) is 47.3 Å². The van der Waals surface area contributed by atoms with Crippen molar-refractivity contribution in [2.45, 2.75) is 50.9 Å². The molecule has 1 heterocycles. The fourth-order valence-corrected chi connectivity index (χ4v) is 5.66. The lowest BCUT2D eigenvalue weighted by molar-refractivity contribution is 0.0515. The second kappa shape index (κ2) is 5.72. The monoisotopic (exact) mass is 336 g/mol. The number of hydrogen-bond donors (Lipinski definition) is 0. The van der Waals surface area contributed by atoms with E-state index in [0.29, 0.717) is 24.1 Å². The molecule has 25 heavy (non-hydrogen) atoms. The van der Waals surface area contributed by atoms with Gasteiger partial charge in [0.15, 0.2) is 5.69 Å². The smallest absolute Gasteiger partial charge is 0.359 e. The molecule has 2 atom stereocenters. The summed E-state index contributed by atoms with van der Waals surface area (Å²) in [6.07, 6.45) is 6.31. The molecule has 2 unspecified atom stereocenters. The van der Waals surface area contributed by atoms with Crippen molar-refractivity contribution in [1.82, 2.24) is 9.78 Å². The Morgan fingerprint density at radius 1 is 1.08 bits per heavy atom. The number of nitrogens with zero attached hydrogens (tertiary/aromatic N) is 2. The quantitative estimate of drug-likeness (QED) is 0.778. The van der Waals surface area contributed by atoms with Gasteiger partial charge in [0, 0.05) is 11.5 Å². The maximum absolute atomic E-state index is 12.7. The van der Waals surface area contributed by atoms with Gasteiger partial charge in [-0.3, -0.25) is 0 Å². The lowest BCUT2D eigenvalue weighted by Gasteiger charge is -2.38. The van der Waals surface area contributed by atoms with Crippen LogP contribution in [-0.4, -0.2) is 22.4 Å². The van der Waals surface area contributed by atoms with Crippen LogP contribution in [0.1, 0.15) is 72.6 Å². The van der Waals surface area contributed by atoms with Crippen molar-refractivity contribution in [1.29, 1.82) is 0 Å². The molecule has 6 rings (SSSR count). The molecule has 0 aliphatic heterocycles. The van der Waals surface area contributed by atoms with Gasteiger partial charge in [-0.05, 0) is 68.9 Å². The molecule has 2 aromatic rings. The van der Waals surface area contributed by atoms with Crippen LogP contribution in [0.25, 0.3) is 5.69 Å². The summed E-state index contributed by atoms with van der Waals surface area (Å²) in [4.78, 5) is 12.7. The lowest BCUT2D eigenvalue weighted by atomic mass is 9.67. The van der Waals surface area contributed by atoms with E-state index in [4.69, 9.17) is 9.84 Å². The molecule has 130 valence electrons. The van der Waals surface area contributed by atoms with Crippen LogP contribution in [0.15, 0.2) is 30.3 Å². The zero-order valence-electron chi connectivity index (χ0n) is 14.6. The highest BCUT2D eigenvalue weighted by molar-refractivity contribution is 5.90. The molecule has 2 saturated carbocycles. The summed E-state index contributed by atoms with van der Waals surface area (Å²) in [6, 6.07) is 10.3. The topological polar surface area (TPSA) is 44.1 Å². The van der Waals surface area contributed by atoms with Crippen molar-refractivity contribution < 1.29 is 9.53 Å². The Bertz CT molecular complexity index is 797. The van der Waals surface area contributed by atoms with Gasteiger partial charge in [0.25, 0.3) is 0 Å². The van der Waals surface area contributed by atoms with E-state index in [9.17, 15) is 4.79 Å². The summed E-state index contributed by atoms with van der Waals surface area (Å²) in [5.74, 6) is 2.38. The Hall–Kier alpha value is -2.10. The van der Waals surface area contributed by atoms with Gasteiger partial charge in [0.1, 0.15) is 0 Å². The van der Waals surface area contributed by atoms with Gasteiger partial charge in [0.2, 0.25) is 0 Å². The molecule has 0 radical (unpaired) electrons. The Morgan fingerprint density at radius 2 is 1.76 bits per heavy atom. The molecule has 1 aromatic carbocycles. The number of carbonyl (C=O) groups excluding carboxylic acids is 1. The molecule has 2 fully saturated rings. The summed E-state index contributed by atoms with van der Waals surface area (Å²) >= 11 is 0. The first-order valence-corrected chi connectivity index (χ1v) is 9.60. The molecule has 4 heteroatoms. The zero-order chi connectivity index (χ0) is 17.0. The molecule has 0 amide bonds. The van der Waals surface area contributed by atoms with Crippen molar-refractivity contribution in [2.24, 2.45) is 11.8 Å². The third kappa shape index (κ3) is 2.34. The maximum Gasteiger partial charge on any atom is 0.359 e. The summed E-state index contributed by atoms with van der Waals surface area (Å²) in [5.41, 5.74) is 4.12. The molecular weight excluding hydrogens is 312 g/mol. The Balaban J connectivity index is 1.72. The van der Waals surface area contributed by atoms with E-state index in [1.165, 1.54) is 43.4 Å². The first-order chi connectivity index (χ1) is 12.2. The minimum atomic E-state index is -0.255. The maximum atomic E-state index is 12.7. The van der Waals surface area contributed by atoms with E-state index in [1.54, 1.807) is 0 Å². The van der Waals surface area contributed by atoms with E-state index in [0.717, 1.165) is 17.5 Å². The molecule has 0 N–H and O–H groups in total. The van der Waals surface area contributed by atoms with Crippen LogP contribution in [0, 0.1) is 11.8 Å². The highest BCUT2D eigenvalue weighted by Gasteiger charge is 2.46. The fraction of sp³-hybridized carbons (Fsp3) is 0.524. The third-order valence-electron chi connectivity index (χ3n) is 6.36. The summed E-state index contributed by atoms with van der Waals surface area (Å²) in [6.45, 7) is 2.25. The Labute approximate surface area is 148 Å². The van der Waals surface area contributed by atoms with Gasteiger partial charge in [-0.25, -0.2) is 9.48 Å². The van der Waals surface area contributed by atoms with Crippen molar-refractivity contribution >= 4 is 5.97 Å².